The van der Waals surface area contributed by atoms with E-state index >= 15 is 0 Å². The molecule has 1 atom stereocenters. The summed E-state index contributed by atoms with van der Waals surface area (Å²) >= 11 is 0. The van der Waals surface area contributed by atoms with E-state index in [-0.39, 0.29) is 12.1 Å². The summed E-state index contributed by atoms with van der Waals surface area (Å²) < 4.78 is 5.64. The number of aryl methyl sites for hydroxylation is 1. The maximum Gasteiger partial charge on any atom is 0.413 e. The van der Waals surface area contributed by atoms with Crippen LogP contribution < -0.4 is 15.0 Å². The fourth-order valence-corrected chi connectivity index (χ4v) is 4.66. The minimum absolute atomic E-state index is 0.0261. The van der Waals surface area contributed by atoms with Crippen LogP contribution in [0.25, 0.3) is 0 Å². The van der Waals surface area contributed by atoms with Gasteiger partial charge in [-0.15, -0.1) is 0 Å². The monoisotopic (exact) mass is 398 g/mol. The molecule has 1 unspecified atom stereocenters. The van der Waals surface area contributed by atoms with Gasteiger partial charge in [-0.05, 0) is 66.1 Å². The van der Waals surface area contributed by atoms with Crippen LogP contribution in [0, 0.1) is 0 Å². The molecule has 3 aromatic carbocycles. The van der Waals surface area contributed by atoms with E-state index in [9.17, 15) is 4.79 Å². The number of nitrogens with one attached hydrogen (secondary N) is 1. The van der Waals surface area contributed by atoms with Gasteiger partial charge in [0.05, 0.1) is 6.04 Å². The highest BCUT2D eigenvalue weighted by atomic mass is 16.6. The molecule has 0 radical (unpaired) electrons. The number of carbonyl (C=O) groups excluding carboxylic acids is 1. The molecule has 152 valence electrons. The summed E-state index contributed by atoms with van der Waals surface area (Å²) in [5, 5.41) is 3.06. The van der Waals surface area contributed by atoms with Gasteiger partial charge in [-0.2, -0.15) is 0 Å². The fraction of sp³-hybridized carbons (Fsp3) is 0.269. The van der Waals surface area contributed by atoms with Crippen LogP contribution in [0.1, 0.15) is 41.1 Å². The normalized spacial score (nSPS) is 17.2. The summed E-state index contributed by atoms with van der Waals surface area (Å²) in [4.78, 5) is 14.9. The Bertz CT molecular complexity index is 1050. The summed E-state index contributed by atoms with van der Waals surface area (Å²) in [6.45, 7) is 1.88. The molecular formula is C26H26N2O2. The van der Waals surface area contributed by atoms with Crippen molar-refractivity contribution in [2.45, 2.75) is 38.3 Å². The Labute approximate surface area is 177 Å². The van der Waals surface area contributed by atoms with Crippen LogP contribution in [0.15, 0.2) is 72.8 Å². The van der Waals surface area contributed by atoms with Crippen LogP contribution in [0.3, 0.4) is 0 Å². The van der Waals surface area contributed by atoms with Crippen LogP contribution in [0.2, 0.25) is 0 Å². The number of benzene rings is 3. The molecule has 4 nitrogen and oxygen atoms in total. The van der Waals surface area contributed by atoms with Gasteiger partial charge >= 0.3 is 6.09 Å². The summed E-state index contributed by atoms with van der Waals surface area (Å²) in [6, 6.07) is 24.9. The van der Waals surface area contributed by atoms with E-state index in [1.165, 1.54) is 27.9 Å². The molecule has 0 aromatic heterocycles. The van der Waals surface area contributed by atoms with E-state index in [0.717, 1.165) is 38.8 Å². The van der Waals surface area contributed by atoms with Gasteiger partial charge in [0, 0.05) is 18.8 Å². The summed E-state index contributed by atoms with van der Waals surface area (Å²) in [6.07, 6.45) is 3.70. The molecule has 0 saturated carbocycles. The second kappa shape index (κ2) is 8.23. The lowest BCUT2D eigenvalue weighted by atomic mass is 9.88. The average Bonchev–Trinajstić information content (AvgIpc) is 3.16. The number of anilines is 1. The lowest BCUT2D eigenvalue weighted by molar-refractivity contribution is 0.194. The Morgan fingerprint density at radius 1 is 0.967 bits per heavy atom. The van der Waals surface area contributed by atoms with E-state index in [1.54, 1.807) is 0 Å². The number of carbonyl (C=O) groups is 1. The number of amides is 1. The van der Waals surface area contributed by atoms with Crippen molar-refractivity contribution in [3.05, 3.63) is 95.1 Å². The molecule has 4 heteroatoms. The molecule has 3 aromatic rings. The predicted molar refractivity (Wildman–Crippen MR) is 119 cm³/mol. The van der Waals surface area contributed by atoms with Gasteiger partial charge in [-0.25, -0.2) is 4.79 Å². The Kier molecular flexibility index (Phi) is 5.14. The maximum absolute atomic E-state index is 12.6. The largest absolute Gasteiger partial charge is 0.413 e. The van der Waals surface area contributed by atoms with Crippen molar-refractivity contribution in [3.63, 3.8) is 0 Å². The van der Waals surface area contributed by atoms with Crippen LogP contribution in [0.4, 0.5) is 10.5 Å². The summed E-state index contributed by atoms with van der Waals surface area (Å²) in [7, 11) is 0. The Balaban J connectivity index is 1.24. The van der Waals surface area contributed by atoms with Gasteiger partial charge in [0.25, 0.3) is 0 Å². The first-order valence-electron chi connectivity index (χ1n) is 10.7. The smallest absolute Gasteiger partial charge is 0.410 e. The van der Waals surface area contributed by atoms with Gasteiger partial charge in [-0.1, -0.05) is 54.6 Å². The van der Waals surface area contributed by atoms with Gasteiger partial charge < -0.3 is 15.0 Å². The van der Waals surface area contributed by atoms with Crippen LogP contribution in [-0.4, -0.2) is 12.6 Å². The van der Waals surface area contributed by atoms with E-state index in [1.807, 2.05) is 24.3 Å². The standard InChI is InChI=1S/C26H26N2O2/c29-26(27-24-12-6-10-20-9-4-5-11-23(20)24)30-22-13-14-25-21(17-22)15-16-28(25)18-19-7-2-1-3-8-19/h1-5,7-9,11,13-14,17,24H,6,10,12,15-16,18H2,(H,27,29). The number of nitrogens with zero attached hydrogens (tertiary/aromatic N) is 1. The molecular weight excluding hydrogens is 372 g/mol. The first kappa shape index (κ1) is 18.7. The lowest BCUT2D eigenvalue weighted by Crippen LogP contribution is -2.33. The molecule has 1 amide bonds. The van der Waals surface area contributed by atoms with Crippen molar-refractivity contribution in [3.8, 4) is 5.75 Å². The number of hydrogen-bond acceptors (Lipinski definition) is 3. The van der Waals surface area contributed by atoms with E-state index in [4.69, 9.17) is 4.74 Å². The Morgan fingerprint density at radius 3 is 2.70 bits per heavy atom. The van der Waals surface area contributed by atoms with Gasteiger partial charge in [0.2, 0.25) is 0 Å². The fourth-order valence-electron chi connectivity index (χ4n) is 4.66. The quantitative estimate of drug-likeness (QED) is 0.638. The number of rotatable bonds is 4. The van der Waals surface area contributed by atoms with Crippen molar-refractivity contribution < 1.29 is 9.53 Å². The molecule has 1 N–H and O–H groups in total. The van der Waals surface area contributed by atoms with Crippen LogP contribution >= 0.6 is 0 Å². The first-order chi connectivity index (χ1) is 14.8. The van der Waals surface area contributed by atoms with E-state index in [2.05, 4.69) is 58.7 Å². The second-order valence-electron chi connectivity index (χ2n) is 8.13. The highest BCUT2D eigenvalue weighted by molar-refractivity contribution is 5.72. The highest BCUT2D eigenvalue weighted by Crippen LogP contribution is 2.33. The number of fused-ring (bicyclic) bond motifs is 2. The van der Waals surface area contributed by atoms with Crippen molar-refractivity contribution >= 4 is 11.8 Å². The molecule has 5 rings (SSSR count). The average molecular weight is 399 g/mol. The maximum atomic E-state index is 12.6. The molecule has 0 spiro atoms. The van der Waals surface area contributed by atoms with E-state index in [0.29, 0.717) is 5.75 Å². The van der Waals surface area contributed by atoms with Crippen LogP contribution in [0.5, 0.6) is 5.75 Å². The first-order valence-corrected chi connectivity index (χ1v) is 10.7. The van der Waals surface area contributed by atoms with Crippen molar-refractivity contribution in [2.75, 3.05) is 11.4 Å². The third kappa shape index (κ3) is 3.90. The summed E-state index contributed by atoms with van der Waals surface area (Å²) in [5.74, 6) is 0.608. The zero-order chi connectivity index (χ0) is 20.3. The van der Waals surface area contributed by atoms with E-state index < -0.39 is 0 Å². The van der Waals surface area contributed by atoms with Gasteiger partial charge in [0.1, 0.15) is 5.75 Å². The van der Waals surface area contributed by atoms with Crippen molar-refractivity contribution in [2.24, 2.45) is 0 Å². The zero-order valence-corrected chi connectivity index (χ0v) is 17.0. The second-order valence-corrected chi connectivity index (χ2v) is 8.13. The molecule has 0 fully saturated rings. The SMILES string of the molecule is O=C(NC1CCCc2ccccc21)Oc1ccc2c(c1)CCN2Cc1ccccc1. The molecule has 30 heavy (non-hydrogen) atoms. The molecule has 2 aliphatic rings. The number of ether oxygens (including phenoxy) is 1. The number of hydrogen-bond donors (Lipinski definition) is 1. The topological polar surface area (TPSA) is 41.6 Å². The molecule has 1 aliphatic heterocycles. The minimum Gasteiger partial charge on any atom is -0.410 e. The van der Waals surface area contributed by atoms with Crippen LogP contribution in [-0.2, 0) is 19.4 Å². The minimum atomic E-state index is -0.379. The zero-order valence-electron chi connectivity index (χ0n) is 17.0. The lowest BCUT2D eigenvalue weighted by Gasteiger charge is -2.26. The summed E-state index contributed by atoms with van der Waals surface area (Å²) in [5.41, 5.74) is 6.31. The Hall–Kier alpha value is -3.27. The van der Waals surface area contributed by atoms with Gasteiger partial charge in [0.15, 0.2) is 0 Å². The molecule has 0 bridgehead atoms. The van der Waals surface area contributed by atoms with Crippen molar-refractivity contribution in [1.29, 1.82) is 0 Å². The molecule has 1 heterocycles. The highest BCUT2D eigenvalue weighted by Gasteiger charge is 2.23. The van der Waals surface area contributed by atoms with Crippen molar-refractivity contribution in [1.82, 2.24) is 5.32 Å². The third-order valence-electron chi connectivity index (χ3n) is 6.13. The Morgan fingerprint density at radius 2 is 1.80 bits per heavy atom. The molecule has 0 saturated heterocycles. The van der Waals surface area contributed by atoms with Gasteiger partial charge in [-0.3, -0.25) is 0 Å². The molecule has 1 aliphatic carbocycles. The predicted octanol–water partition coefficient (Wildman–Crippen LogP) is 5.42. The third-order valence-corrected chi connectivity index (χ3v) is 6.13.